The largest absolute Gasteiger partial charge is 0.481 e. The molecule has 1 aromatic carbocycles. The molecule has 1 unspecified atom stereocenters. The summed E-state index contributed by atoms with van der Waals surface area (Å²) >= 11 is 5.70. The van der Waals surface area contributed by atoms with Crippen LogP contribution in [0.5, 0.6) is 0 Å². The maximum absolute atomic E-state index is 11.0. The lowest BCUT2D eigenvalue weighted by Crippen LogP contribution is -2.30. The summed E-state index contributed by atoms with van der Waals surface area (Å²) in [5.74, 6) is -2.03. The molecule has 0 radical (unpaired) electrons. The second kappa shape index (κ2) is 6.22. The Bertz CT molecular complexity index is 404. The fraction of sp³-hybridized carbons (Fsp3) is 0.273. The number of rotatable bonds is 6. The molecule has 0 saturated heterocycles. The fourth-order valence-corrected chi connectivity index (χ4v) is 1.45. The van der Waals surface area contributed by atoms with Gasteiger partial charge in [0.1, 0.15) is 6.04 Å². The standard InChI is InChI=1S/C11H12ClNO4/c12-8-3-1-7(2-4-8)10(11(16)17)13-6-5-9(14)15/h1-4,10,13H,5-6H2,(H,14,15)(H,16,17). The Morgan fingerprint density at radius 2 is 1.82 bits per heavy atom. The zero-order valence-corrected chi connectivity index (χ0v) is 9.65. The summed E-state index contributed by atoms with van der Waals surface area (Å²) in [6.45, 7) is 0.0922. The van der Waals surface area contributed by atoms with E-state index >= 15 is 0 Å². The number of carboxylic acids is 2. The summed E-state index contributed by atoms with van der Waals surface area (Å²) in [6, 6.07) is 5.44. The van der Waals surface area contributed by atoms with Gasteiger partial charge < -0.3 is 15.5 Å². The quantitative estimate of drug-likeness (QED) is 0.719. The van der Waals surface area contributed by atoms with E-state index in [1.165, 1.54) is 0 Å². The summed E-state index contributed by atoms with van der Waals surface area (Å²) in [6.07, 6.45) is -0.128. The third kappa shape index (κ3) is 4.42. The van der Waals surface area contributed by atoms with Crippen LogP contribution in [0.25, 0.3) is 0 Å². The number of hydrogen-bond acceptors (Lipinski definition) is 3. The van der Waals surface area contributed by atoms with Crippen molar-refractivity contribution in [2.24, 2.45) is 0 Å². The van der Waals surface area contributed by atoms with Crippen molar-refractivity contribution in [3.63, 3.8) is 0 Å². The van der Waals surface area contributed by atoms with Gasteiger partial charge in [-0.25, -0.2) is 0 Å². The van der Waals surface area contributed by atoms with Gasteiger partial charge in [-0.3, -0.25) is 9.59 Å². The molecule has 0 aliphatic heterocycles. The van der Waals surface area contributed by atoms with E-state index in [1.807, 2.05) is 0 Å². The third-order valence-corrected chi connectivity index (χ3v) is 2.39. The molecule has 0 fully saturated rings. The molecule has 0 aliphatic rings. The predicted octanol–water partition coefficient (Wildman–Crippen LogP) is 1.53. The normalized spacial score (nSPS) is 12.1. The van der Waals surface area contributed by atoms with Crippen LogP contribution in [0.3, 0.4) is 0 Å². The molecule has 17 heavy (non-hydrogen) atoms. The molecule has 1 aromatic rings. The maximum Gasteiger partial charge on any atom is 0.325 e. The van der Waals surface area contributed by atoms with Crippen LogP contribution in [0.4, 0.5) is 0 Å². The Labute approximate surface area is 103 Å². The van der Waals surface area contributed by atoms with Gasteiger partial charge >= 0.3 is 11.9 Å². The van der Waals surface area contributed by atoms with Crippen LogP contribution in [-0.2, 0) is 9.59 Å². The Morgan fingerprint density at radius 3 is 2.29 bits per heavy atom. The van der Waals surface area contributed by atoms with Crippen LogP contribution in [0, 0.1) is 0 Å². The van der Waals surface area contributed by atoms with Gasteiger partial charge in [0.2, 0.25) is 0 Å². The van der Waals surface area contributed by atoms with Crippen LogP contribution in [0.1, 0.15) is 18.0 Å². The summed E-state index contributed by atoms with van der Waals surface area (Å²) < 4.78 is 0. The minimum atomic E-state index is -1.06. The number of halogens is 1. The summed E-state index contributed by atoms with van der Waals surface area (Å²) in [5, 5.41) is 20.7. The van der Waals surface area contributed by atoms with Crippen molar-refractivity contribution in [2.75, 3.05) is 6.54 Å². The number of nitrogens with one attached hydrogen (secondary N) is 1. The number of benzene rings is 1. The average molecular weight is 258 g/mol. The Morgan fingerprint density at radius 1 is 1.24 bits per heavy atom. The highest BCUT2D eigenvalue weighted by Crippen LogP contribution is 2.16. The summed E-state index contributed by atoms with van der Waals surface area (Å²) in [7, 11) is 0. The molecule has 1 atom stereocenters. The lowest BCUT2D eigenvalue weighted by atomic mass is 10.1. The van der Waals surface area contributed by atoms with Gasteiger partial charge in [0.25, 0.3) is 0 Å². The molecule has 0 aromatic heterocycles. The zero-order chi connectivity index (χ0) is 12.8. The minimum Gasteiger partial charge on any atom is -0.481 e. The van der Waals surface area contributed by atoms with E-state index in [4.69, 9.17) is 21.8 Å². The number of carbonyl (C=O) groups is 2. The van der Waals surface area contributed by atoms with Crippen molar-refractivity contribution in [1.29, 1.82) is 0 Å². The highest BCUT2D eigenvalue weighted by Gasteiger charge is 2.18. The lowest BCUT2D eigenvalue weighted by Gasteiger charge is -2.14. The van der Waals surface area contributed by atoms with Crippen LogP contribution >= 0.6 is 11.6 Å². The number of hydrogen-bond donors (Lipinski definition) is 3. The fourth-order valence-electron chi connectivity index (χ4n) is 1.33. The lowest BCUT2D eigenvalue weighted by molar-refractivity contribution is -0.141. The SMILES string of the molecule is O=C(O)CCNC(C(=O)O)c1ccc(Cl)cc1. The number of aliphatic carboxylic acids is 2. The van der Waals surface area contributed by atoms with Crippen LogP contribution < -0.4 is 5.32 Å². The van der Waals surface area contributed by atoms with Gasteiger partial charge in [-0.1, -0.05) is 23.7 Å². The molecular formula is C11H12ClNO4. The zero-order valence-electron chi connectivity index (χ0n) is 8.89. The van der Waals surface area contributed by atoms with E-state index in [2.05, 4.69) is 5.32 Å². The smallest absolute Gasteiger partial charge is 0.325 e. The van der Waals surface area contributed by atoms with Gasteiger partial charge in [0, 0.05) is 11.6 Å². The monoisotopic (exact) mass is 257 g/mol. The minimum absolute atomic E-state index is 0.0922. The molecule has 0 bridgehead atoms. The molecule has 0 aliphatic carbocycles. The van der Waals surface area contributed by atoms with Gasteiger partial charge in [0.05, 0.1) is 6.42 Å². The first kappa shape index (κ1) is 13.5. The Kier molecular flexibility index (Phi) is 4.93. The second-order valence-corrected chi connectivity index (χ2v) is 3.86. The molecule has 5 nitrogen and oxygen atoms in total. The van der Waals surface area contributed by atoms with E-state index in [-0.39, 0.29) is 13.0 Å². The van der Waals surface area contributed by atoms with Crippen molar-refractivity contribution < 1.29 is 19.8 Å². The highest BCUT2D eigenvalue weighted by molar-refractivity contribution is 6.30. The van der Waals surface area contributed by atoms with Crippen LogP contribution in [0.2, 0.25) is 5.02 Å². The van der Waals surface area contributed by atoms with Crippen LogP contribution in [-0.4, -0.2) is 28.7 Å². The van der Waals surface area contributed by atoms with Crippen molar-refractivity contribution in [2.45, 2.75) is 12.5 Å². The topological polar surface area (TPSA) is 86.6 Å². The van der Waals surface area contributed by atoms with Crippen molar-refractivity contribution in [3.8, 4) is 0 Å². The van der Waals surface area contributed by atoms with Gasteiger partial charge in [-0.05, 0) is 17.7 Å². The first-order chi connectivity index (χ1) is 8.00. The van der Waals surface area contributed by atoms with E-state index < -0.39 is 18.0 Å². The van der Waals surface area contributed by atoms with Crippen molar-refractivity contribution in [1.82, 2.24) is 5.32 Å². The molecular weight excluding hydrogens is 246 g/mol. The molecule has 6 heteroatoms. The number of carboxylic acid groups (broad SMARTS) is 2. The Hall–Kier alpha value is -1.59. The molecule has 92 valence electrons. The predicted molar refractivity (Wildman–Crippen MR) is 62.1 cm³/mol. The Balaban J connectivity index is 2.69. The first-order valence-corrected chi connectivity index (χ1v) is 5.32. The molecule has 0 heterocycles. The average Bonchev–Trinajstić information content (AvgIpc) is 2.25. The summed E-state index contributed by atoms with van der Waals surface area (Å²) in [5.41, 5.74) is 0.535. The first-order valence-electron chi connectivity index (χ1n) is 4.94. The molecule has 0 amide bonds. The van der Waals surface area contributed by atoms with Gasteiger partial charge in [-0.15, -0.1) is 0 Å². The van der Waals surface area contributed by atoms with E-state index in [0.717, 1.165) is 0 Å². The van der Waals surface area contributed by atoms with E-state index in [1.54, 1.807) is 24.3 Å². The highest BCUT2D eigenvalue weighted by atomic mass is 35.5. The maximum atomic E-state index is 11.0. The van der Waals surface area contributed by atoms with Crippen molar-refractivity contribution in [3.05, 3.63) is 34.9 Å². The van der Waals surface area contributed by atoms with Crippen LogP contribution in [0.15, 0.2) is 24.3 Å². The van der Waals surface area contributed by atoms with E-state index in [0.29, 0.717) is 10.6 Å². The molecule has 0 spiro atoms. The second-order valence-electron chi connectivity index (χ2n) is 3.42. The van der Waals surface area contributed by atoms with E-state index in [9.17, 15) is 9.59 Å². The molecule has 0 saturated carbocycles. The molecule has 1 rings (SSSR count). The van der Waals surface area contributed by atoms with Crippen molar-refractivity contribution >= 4 is 23.5 Å². The third-order valence-electron chi connectivity index (χ3n) is 2.14. The van der Waals surface area contributed by atoms with Gasteiger partial charge in [-0.2, -0.15) is 0 Å². The van der Waals surface area contributed by atoms with Gasteiger partial charge in [0.15, 0.2) is 0 Å². The molecule has 3 N–H and O–H groups in total. The summed E-state index contributed by atoms with van der Waals surface area (Å²) in [4.78, 5) is 21.3.